The van der Waals surface area contributed by atoms with E-state index in [1.165, 1.54) is 0 Å². The van der Waals surface area contributed by atoms with Crippen molar-refractivity contribution in [2.24, 2.45) is 5.92 Å². The standard InChI is InChI=1S/C14H27N3O4/c1-9(2)8-10(12(19)20)16-13(21)15-7-6-11(18)17-14(3,4)5/h9-10H,6-8H2,1-5H3,(H,17,18)(H,19,20)(H2,15,16,21). The van der Waals surface area contributed by atoms with Gasteiger partial charge in [-0.25, -0.2) is 9.59 Å². The van der Waals surface area contributed by atoms with Crippen LogP contribution < -0.4 is 16.0 Å². The molecule has 1 atom stereocenters. The number of carbonyl (C=O) groups is 3. The average molecular weight is 301 g/mol. The Morgan fingerprint density at radius 2 is 1.71 bits per heavy atom. The third-order valence-electron chi connectivity index (χ3n) is 2.46. The van der Waals surface area contributed by atoms with Gasteiger partial charge in [0.1, 0.15) is 6.04 Å². The van der Waals surface area contributed by atoms with Gasteiger partial charge in [-0.15, -0.1) is 0 Å². The highest BCUT2D eigenvalue weighted by atomic mass is 16.4. The predicted molar refractivity (Wildman–Crippen MR) is 79.9 cm³/mol. The molecule has 0 heterocycles. The quantitative estimate of drug-likeness (QED) is 0.564. The van der Waals surface area contributed by atoms with E-state index in [0.29, 0.717) is 6.42 Å². The Morgan fingerprint density at radius 3 is 2.14 bits per heavy atom. The van der Waals surface area contributed by atoms with Crippen LogP contribution in [0.3, 0.4) is 0 Å². The average Bonchev–Trinajstić information content (AvgIpc) is 2.24. The van der Waals surface area contributed by atoms with Crippen molar-refractivity contribution in [3.8, 4) is 0 Å². The predicted octanol–water partition coefficient (Wildman–Crippen LogP) is 1.09. The van der Waals surface area contributed by atoms with Crippen LogP contribution in [0, 0.1) is 5.92 Å². The van der Waals surface area contributed by atoms with Crippen LogP contribution in [-0.2, 0) is 9.59 Å². The van der Waals surface area contributed by atoms with E-state index in [9.17, 15) is 14.4 Å². The van der Waals surface area contributed by atoms with Crippen molar-refractivity contribution in [3.63, 3.8) is 0 Å². The summed E-state index contributed by atoms with van der Waals surface area (Å²) in [5.41, 5.74) is -0.314. The van der Waals surface area contributed by atoms with E-state index >= 15 is 0 Å². The summed E-state index contributed by atoms with van der Waals surface area (Å²) in [6, 6.07) is -1.50. The number of carboxylic acids is 1. The van der Waals surface area contributed by atoms with Crippen LogP contribution in [0.5, 0.6) is 0 Å². The van der Waals surface area contributed by atoms with Gasteiger partial charge in [0.2, 0.25) is 5.91 Å². The molecule has 0 aromatic carbocycles. The number of hydrogen-bond donors (Lipinski definition) is 4. The van der Waals surface area contributed by atoms with E-state index in [1.807, 2.05) is 34.6 Å². The summed E-state index contributed by atoms with van der Waals surface area (Å²) in [5.74, 6) is -1.08. The molecule has 3 amide bonds. The summed E-state index contributed by atoms with van der Waals surface area (Å²) in [5, 5.41) is 16.7. The van der Waals surface area contributed by atoms with Gasteiger partial charge in [0.25, 0.3) is 0 Å². The zero-order valence-electron chi connectivity index (χ0n) is 13.4. The first kappa shape index (κ1) is 19.2. The van der Waals surface area contributed by atoms with Gasteiger partial charge in [-0.2, -0.15) is 0 Å². The molecule has 7 heteroatoms. The van der Waals surface area contributed by atoms with Crippen molar-refractivity contribution < 1.29 is 19.5 Å². The van der Waals surface area contributed by atoms with Crippen molar-refractivity contribution in [1.82, 2.24) is 16.0 Å². The third-order valence-corrected chi connectivity index (χ3v) is 2.46. The summed E-state index contributed by atoms with van der Waals surface area (Å²) >= 11 is 0. The molecule has 0 fully saturated rings. The van der Waals surface area contributed by atoms with Gasteiger partial charge >= 0.3 is 12.0 Å². The molecule has 0 rings (SSSR count). The largest absolute Gasteiger partial charge is 0.480 e. The number of aliphatic carboxylic acids is 1. The van der Waals surface area contributed by atoms with E-state index < -0.39 is 18.0 Å². The summed E-state index contributed by atoms with van der Waals surface area (Å²) < 4.78 is 0. The van der Waals surface area contributed by atoms with E-state index in [0.717, 1.165) is 0 Å². The van der Waals surface area contributed by atoms with Gasteiger partial charge in [-0.05, 0) is 33.1 Å². The molecule has 0 aromatic rings. The minimum absolute atomic E-state index is 0.145. The van der Waals surface area contributed by atoms with Gasteiger partial charge < -0.3 is 21.1 Å². The lowest BCUT2D eigenvalue weighted by molar-refractivity contribution is -0.139. The van der Waals surface area contributed by atoms with Crippen molar-refractivity contribution in [2.45, 2.75) is 59.0 Å². The minimum atomic E-state index is -1.07. The van der Waals surface area contributed by atoms with Crippen LogP contribution in [0.4, 0.5) is 4.79 Å². The van der Waals surface area contributed by atoms with Gasteiger partial charge in [-0.1, -0.05) is 13.8 Å². The number of amides is 3. The molecule has 21 heavy (non-hydrogen) atoms. The Balaban J connectivity index is 4.09. The molecule has 122 valence electrons. The molecule has 4 N–H and O–H groups in total. The zero-order valence-corrected chi connectivity index (χ0v) is 13.4. The van der Waals surface area contributed by atoms with Crippen LogP contribution in [0.2, 0.25) is 0 Å². The molecule has 0 aliphatic rings. The fraction of sp³-hybridized carbons (Fsp3) is 0.786. The molecule has 0 bridgehead atoms. The highest BCUT2D eigenvalue weighted by molar-refractivity contribution is 5.83. The monoisotopic (exact) mass is 301 g/mol. The first-order chi connectivity index (χ1) is 9.51. The van der Waals surface area contributed by atoms with Gasteiger partial charge in [-0.3, -0.25) is 4.79 Å². The topological polar surface area (TPSA) is 108 Å². The maximum absolute atomic E-state index is 11.6. The highest BCUT2D eigenvalue weighted by Crippen LogP contribution is 2.04. The molecular weight excluding hydrogens is 274 g/mol. The van der Waals surface area contributed by atoms with E-state index in [2.05, 4.69) is 16.0 Å². The molecule has 0 spiro atoms. The van der Waals surface area contributed by atoms with Crippen molar-refractivity contribution >= 4 is 17.9 Å². The van der Waals surface area contributed by atoms with Crippen molar-refractivity contribution in [1.29, 1.82) is 0 Å². The van der Waals surface area contributed by atoms with Gasteiger partial charge in [0.15, 0.2) is 0 Å². The molecule has 0 saturated heterocycles. The molecule has 0 saturated carbocycles. The highest BCUT2D eigenvalue weighted by Gasteiger charge is 2.21. The Bertz CT molecular complexity index is 375. The first-order valence-electron chi connectivity index (χ1n) is 7.09. The maximum Gasteiger partial charge on any atom is 0.326 e. The minimum Gasteiger partial charge on any atom is -0.480 e. The van der Waals surface area contributed by atoms with Crippen LogP contribution >= 0.6 is 0 Å². The first-order valence-corrected chi connectivity index (χ1v) is 7.09. The van der Waals surface area contributed by atoms with Crippen molar-refractivity contribution in [2.75, 3.05) is 6.54 Å². The number of hydrogen-bond acceptors (Lipinski definition) is 3. The van der Waals surface area contributed by atoms with Crippen LogP contribution in [0.15, 0.2) is 0 Å². The Kier molecular flexibility index (Phi) is 7.76. The maximum atomic E-state index is 11.6. The number of nitrogens with one attached hydrogen (secondary N) is 3. The molecule has 0 aliphatic heterocycles. The summed E-state index contributed by atoms with van der Waals surface area (Å²) in [4.78, 5) is 34.1. The SMILES string of the molecule is CC(C)CC(NC(=O)NCCC(=O)NC(C)(C)C)C(=O)O. The second-order valence-corrected chi connectivity index (χ2v) is 6.47. The van der Waals surface area contributed by atoms with Gasteiger partial charge in [0, 0.05) is 18.5 Å². The van der Waals surface area contributed by atoms with Crippen LogP contribution in [0.1, 0.15) is 47.5 Å². The molecule has 1 unspecified atom stereocenters. The molecular formula is C14H27N3O4. The lowest BCUT2D eigenvalue weighted by atomic mass is 10.0. The summed E-state index contributed by atoms with van der Waals surface area (Å²) in [7, 11) is 0. The molecule has 0 aromatic heterocycles. The van der Waals surface area contributed by atoms with Crippen molar-refractivity contribution in [3.05, 3.63) is 0 Å². The normalized spacial score (nSPS) is 12.7. The van der Waals surface area contributed by atoms with E-state index in [-0.39, 0.29) is 30.3 Å². The van der Waals surface area contributed by atoms with E-state index in [4.69, 9.17) is 5.11 Å². The van der Waals surface area contributed by atoms with Gasteiger partial charge in [0.05, 0.1) is 0 Å². The Labute approximate surface area is 125 Å². The number of carbonyl (C=O) groups excluding carboxylic acids is 2. The summed E-state index contributed by atoms with van der Waals surface area (Å²) in [6.45, 7) is 9.53. The second kappa shape index (κ2) is 8.49. The van der Waals surface area contributed by atoms with Crippen LogP contribution in [-0.4, -0.2) is 41.1 Å². The number of rotatable bonds is 7. The fourth-order valence-electron chi connectivity index (χ4n) is 1.67. The second-order valence-electron chi connectivity index (χ2n) is 6.47. The van der Waals surface area contributed by atoms with E-state index in [1.54, 1.807) is 0 Å². The van der Waals surface area contributed by atoms with Crippen LogP contribution in [0.25, 0.3) is 0 Å². The number of carboxylic acid groups (broad SMARTS) is 1. The zero-order chi connectivity index (χ0) is 16.6. The fourth-order valence-corrected chi connectivity index (χ4v) is 1.67. The molecule has 0 radical (unpaired) electrons. The Hall–Kier alpha value is -1.79. The lowest BCUT2D eigenvalue weighted by Crippen LogP contribution is -2.47. The third kappa shape index (κ3) is 10.6. The lowest BCUT2D eigenvalue weighted by Gasteiger charge is -2.20. The smallest absolute Gasteiger partial charge is 0.326 e. The molecule has 0 aliphatic carbocycles. The Morgan fingerprint density at radius 1 is 1.14 bits per heavy atom. The molecule has 7 nitrogen and oxygen atoms in total. The summed E-state index contributed by atoms with van der Waals surface area (Å²) in [6.07, 6.45) is 0.500. The number of urea groups is 1.